The zero-order chi connectivity index (χ0) is 14.3. The molecule has 0 amide bonds. The maximum absolute atomic E-state index is 13.6. The third kappa shape index (κ3) is 1.81. The van der Waals surface area contributed by atoms with Crippen molar-refractivity contribution in [1.82, 2.24) is 9.78 Å². The summed E-state index contributed by atoms with van der Waals surface area (Å²) in [5.41, 5.74) is 1.74. The van der Waals surface area contributed by atoms with E-state index in [0.29, 0.717) is 16.8 Å². The molecule has 1 heterocycles. The Hall–Kier alpha value is -2.19. The lowest BCUT2D eigenvalue weighted by atomic mass is 9.98. The van der Waals surface area contributed by atoms with Crippen molar-refractivity contribution in [2.45, 2.75) is 0 Å². The van der Waals surface area contributed by atoms with Crippen LogP contribution in [0.2, 0.25) is 0 Å². The summed E-state index contributed by atoms with van der Waals surface area (Å²) in [6, 6.07) is 13.6. The molecule has 0 saturated carbocycles. The molecule has 2 aromatic carbocycles. The molecule has 0 unspecified atom stereocenters. The number of fused-ring (bicyclic) bond motifs is 1. The van der Waals surface area contributed by atoms with Crippen molar-refractivity contribution in [3.05, 3.63) is 52.4 Å². The molecule has 0 aliphatic heterocycles. The first kappa shape index (κ1) is 12.8. The van der Waals surface area contributed by atoms with E-state index in [0.717, 1.165) is 10.8 Å². The molecule has 0 aliphatic carbocycles. The molecule has 0 saturated heterocycles. The van der Waals surface area contributed by atoms with Gasteiger partial charge in [-0.25, -0.2) is 0 Å². The minimum absolute atomic E-state index is 0.270. The first-order valence-electron chi connectivity index (χ1n) is 5.93. The predicted octanol–water partition coefficient (Wildman–Crippen LogP) is 4.01. The normalized spacial score (nSPS) is 10.7. The Labute approximate surface area is 123 Å². The largest absolute Gasteiger partial charge is 0.264 e. The van der Waals surface area contributed by atoms with E-state index in [4.69, 9.17) is 0 Å². The summed E-state index contributed by atoms with van der Waals surface area (Å²) in [7, 11) is 1.65. The Morgan fingerprint density at radius 3 is 2.65 bits per heavy atom. The van der Waals surface area contributed by atoms with E-state index in [1.54, 1.807) is 7.05 Å². The van der Waals surface area contributed by atoms with Gasteiger partial charge in [-0.1, -0.05) is 36.4 Å². The molecule has 0 radical (unpaired) electrons. The van der Waals surface area contributed by atoms with E-state index < -0.39 is 5.95 Å². The van der Waals surface area contributed by atoms with Crippen molar-refractivity contribution in [2.75, 3.05) is 0 Å². The van der Waals surface area contributed by atoms with Gasteiger partial charge in [0, 0.05) is 18.0 Å². The van der Waals surface area contributed by atoms with E-state index in [2.05, 4.69) is 27.1 Å². The van der Waals surface area contributed by atoms with E-state index in [1.807, 2.05) is 36.4 Å². The number of nitrogens with zero attached hydrogens (tertiary/aromatic N) is 3. The molecule has 3 nitrogen and oxygen atoms in total. The summed E-state index contributed by atoms with van der Waals surface area (Å²) >= 11 is 3.20. The molecule has 20 heavy (non-hydrogen) atoms. The lowest BCUT2D eigenvalue weighted by Gasteiger charge is -2.08. The van der Waals surface area contributed by atoms with Crippen LogP contribution >= 0.6 is 15.9 Å². The van der Waals surface area contributed by atoms with Crippen molar-refractivity contribution < 1.29 is 4.39 Å². The van der Waals surface area contributed by atoms with Crippen LogP contribution in [-0.4, -0.2) is 9.78 Å². The molecule has 0 N–H and O–H groups in total. The third-order valence-corrected chi connectivity index (χ3v) is 3.95. The van der Waals surface area contributed by atoms with Crippen molar-refractivity contribution in [2.24, 2.45) is 7.05 Å². The number of nitriles is 1. The maximum atomic E-state index is 13.6. The van der Waals surface area contributed by atoms with E-state index >= 15 is 0 Å². The van der Waals surface area contributed by atoms with Crippen LogP contribution in [0, 0.1) is 17.3 Å². The van der Waals surface area contributed by atoms with E-state index in [9.17, 15) is 9.65 Å². The van der Waals surface area contributed by atoms with E-state index in [1.165, 1.54) is 4.68 Å². The van der Waals surface area contributed by atoms with Gasteiger partial charge in [0.15, 0.2) is 0 Å². The molecular formula is C15H9BrFN3. The molecule has 3 aromatic rings. The minimum atomic E-state index is -0.584. The van der Waals surface area contributed by atoms with Crippen LogP contribution in [0.25, 0.3) is 22.0 Å². The Morgan fingerprint density at radius 2 is 2.00 bits per heavy atom. The van der Waals surface area contributed by atoms with Crippen molar-refractivity contribution in [3.63, 3.8) is 0 Å². The highest BCUT2D eigenvalue weighted by molar-refractivity contribution is 9.10. The number of hydrogen-bond donors (Lipinski definition) is 0. The van der Waals surface area contributed by atoms with Gasteiger partial charge in [-0.05, 0) is 21.3 Å². The van der Waals surface area contributed by atoms with E-state index in [-0.39, 0.29) is 4.47 Å². The van der Waals surface area contributed by atoms with Gasteiger partial charge in [-0.3, -0.25) is 4.68 Å². The maximum Gasteiger partial charge on any atom is 0.247 e. The number of aromatic nitrogens is 2. The number of halogens is 2. The molecule has 0 atom stereocenters. The Kier molecular flexibility index (Phi) is 3.03. The summed E-state index contributed by atoms with van der Waals surface area (Å²) in [5, 5.41) is 15.0. The molecule has 0 aliphatic rings. The number of rotatable bonds is 1. The highest BCUT2D eigenvalue weighted by atomic mass is 79.9. The second-order valence-corrected chi connectivity index (χ2v) is 5.19. The monoisotopic (exact) mass is 329 g/mol. The van der Waals surface area contributed by atoms with Crippen LogP contribution in [0.15, 0.2) is 40.9 Å². The van der Waals surface area contributed by atoms with Crippen molar-refractivity contribution in [3.8, 4) is 17.3 Å². The molecule has 3 rings (SSSR count). The number of benzene rings is 2. The number of hydrogen-bond acceptors (Lipinski definition) is 2. The summed E-state index contributed by atoms with van der Waals surface area (Å²) in [6.45, 7) is 0. The molecule has 0 bridgehead atoms. The fraction of sp³-hybridized carbons (Fsp3) is 0.0667. The Morgan fingerprint density at radius 1 is 1.25 bits per heavy atom. The van der Waals surface area contributed by atoms with Crippen LogP contribution in [-0.2, 0) is 7.05 Å². The van der Waals surface area contributed by atoms with Gasteiger partial charge < -0.3 is 0 Å². The van der Waals surface area contributed by atoms with Crippen molar-refractivity contribution >= 4 is 26.7 Å². The average Bonchev–Trinajstić information content (AvgIpc) is 2.71. The fourth-order valence-corrected chi connectivity index (χ4v) is 2.90. The van der Waals surface area contributed by atoms with Gasteiger partial charge in [0.05, 0.1) is 11.3 Å². The lowest BCUT2D eigenvalue weighted by molar-refractivity contribution is 0.550. The zero-order valence-electron chi connectivity index (χ0n) is 10.6. The summed E-state index contributed by atoms with van der Waals surface area (Å²) in [6.07, 6.45) is 0. The fourth-order valence-electron chi connectivity index (χ4n) is 2.35. The smallest absolute Gasteiger partial charge is 0.247 e. The second-order valence-electron chi connectivity index (χ2n) is 4.40. The standard InChI is InChI=1S/C15H9BrFN3/c1-20-14(13(16)15(17)19-20)11-7-6-9-4-2-3-5-10(9)12(11)8-18/h2-7H,1H3. The SMILES string of the molecule is Cn1nc(F)c(Br)c1-c1ccc2ccccc2c1C#N. The molecular weight excluding hydrogens is 321 g/mol. The van der Waals surface area contributed by atoms with Crippen molar-refractivity contribution in [1.29, 1.82) is 5.26 Å². The van der Waals surface area contributed by atoms with Crippen LogP contribution in [0.4, 0.5) is 4.39 Å². The second kappa shape index (κ2) is 4.73. The van der Waals surface area contributed by atoms with Gasteiger partial charge in [0.1, 0.15) is 10.5 Å². The summed E-state index contributed by atoms with van der Waals surface area (Å²) in [4.78, 5) is 0. The molecule has 98 valence electrons. The quantitative estimate of drug-likeness (QED) is 0.676. The zero-order valence-corrected chi connectivity index (χ0v) is 12.1. The highest BCUT2D eigenvalue weighted by Crippen LogP contribution is 2.35. The van der Waals surface area contributed by atoms with Gasteiger partial charge in [0.25, 0.3) is 0 Å². The third-order valence-electron chi connectivity index (χ3n) is 3.25. The average molecular weight is 330 g/mol. The molecule has 0 fully saturated rings. The summed E-state index contributed by atoms with van der Waals surface area (Å²) in [5.74, 6) is -0.584. The van der Waals surface area contributed by atoms with Crippen LogP contribution in [0.5, 0.6) is 0 Å². The van der Waals surface area contributed by atoms with Gasteiger partial charge >= 0.3 is 0 Å². The topological polar surface area (TPSA) is 41.6 Å². The highest BCUT2D eigenvalue weighted by Gasteiger charge is 2.19. The molecule has 1 aromatic heterocycles. The Balaban J connectivity index is 2.40. The lowest BCUT2D eigenvalue weighted by Crippen LogP contribution is -1.96. The number of aryl methyl sites for hydroxylation is 1. The summed E-state index contributed by atoms with van der Waals surface area (Å²) < 4.78 is 15.3. The molecule has 5 heteroatoms. The predicted molar refractivity (Wildman–Crippen MR) is 78.5 cm³/mol. The van der Waals surface area contributed by atoms with Crippen LogP contribution < -0.4 is 0 Å². The first-order chi connectivity index (χ1) is 9.63. The van der Waals surface area contributed by atoms with Crippen LogP contribution in [0.1, 0.15) is 5.56 Å². The molecule has 0 spiro atoms. The Bertz CT molecular complexity index is 861. The van der Waals surface area contributed by atoms with Gasteiger partial charge in [0.2, 0.25) is 5.95 Å². The van der Waals surface area contributed by atoms with Crippen LogP contribution in [0.3, 0.4) is 0 Å². The van der Waals surface area contributed by atoms with Gasteiger partial charge in [-0.15, -0.1) is 5.10 Å². The minimum Gasteiger partial charge on any atom is -0.264 e. The van der Waals surface area contributed by atoms with Gasteiger partial charge in [-0.2, -0.15) is 9.65 Å². The first-order valence-corrected chi connectivity index (χ1v) is 6.73.